The molecule has 1 aromatic heterocycles. The summed E-state index contributed by atoms with van der Waals surface area (Å²) in [5.41, 5.74) is 8.66. The first-order chi connectivity index (χ1) is 8.33. The molecule has 1 aliphatic rings. The number of nitrogens with zero attached hydrogens (tertiary/aromatic N) is 2. The molecule has 2 heterocycles. The van der Waals surface area contributed by atoms with Crippen LogP contribution in [0.1, 0.15) is 12.0 Å². The minimum Gasteiger partial charge on any atom is -0.493 e. The molecule has 4 nitrogen and oxygen atoms in total. The van der Waals surface area contributed by atoms with E-state index in [9.17, 15) is 0 Å². The van der Waals surface area contributed by atoms with E-state index in [0.29, 0.717) is 5.82 Å². The lowest BCUT2D eigenvalue weighted by Gasteiger charge is -2.17. The number of hydrogen-bond donors (Lipinski definition) is 1. The molecule has 0 amide bonds. The maximum atomic E-state index is 5.58. The summed E-state index contributed by atoms with van der Waals surface area (Å²) < 4.78 is 5.58. The molecule has 1 aromatic carbocycles. The van der Waals surface area contributed by atoms with Crippen molar-refractivity contribution in [3.63, 3.8) is 0 Å². The van der Waals surface area contributed by atoms with Gasteiger partial charge in [0.15, 0.2) is 0 Å². The van der Waals surface area contributed by atoms with Crippen LogP contribution >= 0.6 is 0 Å². The van der Waals surface area contributed by atoms with Crippen LogP contribution in [0.5, 0.6) is 5.75 Å². The Hall–Kier alpha value is -2.10. The molecule has 17 heavy (non-hydrogen) atoms. The minimum absolute atomic E-state index is 0.440. The van der Waals surface area contributed by atoms with Crippen LogP contribution in [0, 0.1) is 0 Å². The van der Waals surface area contributed by atoms with Gasteiger partial charge in [0.05, 0.1) is 24.7 Å². The molecule has 0 bridgehead atoms. The Balaban J connectivity index is 2.01. The van der Waals surface area contributed by atoms with Crippen molar-refractivity contribution in [3.05, 3.63) is 36.2 Å². The van der Waals surface area contributed by atoms with E-state index in [1.165, 1.54) is 5.56 Å². The summed E-state index contributed by atoms with van der Waals surface area (Å²) in [4.78, 5) is 8.32. The highest BCUT2D eigenvalue weighted by Crippen LogP contribution is 2.29. The molecule has 86 valence electrons. The van der Waals surface area contributed by atoms with Crippen molar-refractivity contribution in [2.45, 2.75) is 12.8 Å². The third kappa shape index (κ3) is 1.93. The van der Waals surface area contributed by atoms with Gasteiger partial charge in [0.25, 0.3) is 0 Å². The first kappa shape index (κ1) is 10.1. The number of ether oxygens (including phenoxy) is 1. The van der Waals surface area contributed by atoms with E-state index in [0.717, 1.165) is 36.5 Å². The molecule has 2 N–H and O–H groups in total. The number of fused-ring (bicyclic) bond motifs is 1. The van der Waals surface area contributed by atoms with Gasteiger partial charge in [-0.2, -0.15) is 0 Å². The largest absolute Gasteiger partial charge is 0.493 e. The number of hydrogen-bond acceptors (Lipinski definition) is 4. The van der Waals surface area contributed by atoms with E-state index in [-0.39, 0.29) is 0 Å². The van der Waals surface area contributed by atoms with Gasteiger partial charge in [-0.05, 0) is 36.6 Å². The van der Waals surface area contributed by atoms with Crippen LogP contribution in [0.4, 0.5) is 5.82 Å². The van der Waals surface area contributed by atoms with Crippen LogP contribution in [0.25, 0.3) is 11.3 Å². The van der Waals surface area contributed by atoms with Crippen molar-refractivity contribution >= 4 is 5.82 Å². The number of nitrogens with two attached hydrogens (primary N) is 1. The number of aromatic nitrogens is 2. The first-order valence-corrected chi connectivity index (χ1v) is 5.66. The molecular formula is C13H13N3O. The minimum atomic E-state index is 0.440. The summed E-state index contributed by atoms with van der Waals surface area (Å²) in [7, 11) is 0. The lowest BCUT2D eigenvalue weighted by atomic mass is 10.0. The predicted octanol–water partition coefficient (Wildman–Crippen LogP) is 2.05. The second-order valence-corrected chi connectivity index (χ2v) is 4.10. The topological polar surface area (TPSA) is 61.0 Å². The van der Waals surface area contributed by atoms with Gasteiger partial charge in [-0.15, -0.1) is 0 Å². The van der Waals surface area contributed by atoms with Crippen LogP contribution in [-0.4, -0.2) is 16.6 Å². The lowest BCUT2D eigenvalue weighted by Crippen LogP contribution is -2.08. The van der Waals surface area contributed by atoms with Gasteiger partial charge < -0.3 is 10.5 Å². The first-order valence-electron chi connectivity index (χ1n) is 5.66. The maximum absolute atomic E-state index is 5.58. The Morgan fingerprint density at radius 2 is 2.12 bits per heavy atom. The number of benzene rings is 1. The molecule has 4 heteroatoms. The fourth-order valence-electron chi connectivity index (χ4n) is 2.01. The van der Waals surface area contributed by atoms with Crippen LogP contribution in [0.3, 0.4) is 0 Å². The smallest absolute Gasteiger partial charge is 0.141 e. The van der Waals surface area contributed by atoms with E-state index in [4.69, 9.17) is 10.5 Å². The van der Waals surface area contributed by atoms with Gasteiger partial charge in [-0.3, -0.25) is 4.98 Å². The molecule has 0 aliphatic carbocycles. The van der Waals surface area contributed by atoms with Gasteiger partial charge in [0.2, 0.25) is 0 Å². The van der Waals surface area contributed by atoms with Crippen molar-refractivity contribution in [2.24, 2.45) is 0 Å². The molecule has 0 fully saturated rings. The molecule has 0 saturated carbocycles. The number of rotatable bonds is 1. The summed E-state index contributed by atoms with van der Waals surface area (Å²) >= 11 is 0. The van der Waals surface area contributed by atoms with Crippen LogP contribution in [-0.2, 0) is 6.42 Å². The van der Waals surface area contributed by atoms with Crippen LogP contribution in [0.2, 0.25) is 0 Å². The van der Waals surface area contributed by atoms with Crippen LogP contribution < -0.4 is 10.5 Å². The second-order valence-electron chi connectivity index (χ2n) is 4.10. The fourth-order valence-corrected chi connectivity index (χ4v) is 2.01. The monoisotopic (exact) mass is 227 g/mol. The van der Waals surface area contributed by atoms with Crippen LogP contribution in [0.15, 0.2) is 30.6 Å². The third-order valence-electron chi connectivity index (χ3n) is 2.88. The highest BCUT2D eigenvalue weighted by Gasteiger charge is 2.11. The molecule has 0 atom stereocenters. The zero-order chi connectivity index (χ0) is 11.7. The molecular weight excluding hydrogens is 214 g/mol. The Kier molecular flexibility index (Phi) is 2.40. The molecule has 0 radical (unpaired) electrons. The van der Waals surface area contributed by atoms with E-state index in [2.05, 4.69) is 16.0 Å². The predicted molar refractivity (Wildman–Crippen MR) is 65.7 cm³/mol. The van der Waals surface area contributed by atoms with Crippen molar-refractivity contribution < 1.29 is 4.74 Å². The summed E-state index contributed by atoms with van der Waals surface area (Å²) in [6.07, 6.45) is 5.40. The quantitative estimate of drug-likeness (QED) is 0.810. The SMILES string of the molecule is Nc1cnc(-c2ccc3c(c2)CCCO3)cn1. The van der Waals surface area contributed by atoms with Gasteiger partial charge in [-0.25, -0.2) is 4.98 Å². The zero-order valence-corrected chi connectivity index (χ0v) is 9.39. The average molecular weight is 227 g/mol. The van der Waals surface area contributed by atoms with Crippen molar-refractivity contribution in [3.8, 4) is 17.0 Å². The zero-order valence-electron chi connectivity index (χ0n) is 9.39. The van der Waals surface area contributed by atoms with Gasteiger partial charge in [-0.1, -0.05) is 0 Å². The van der Waals surface area contributed by atoms with Crippen molar-refractivity contribution in [1.29, 1.82) is 0 Å². The van der Waals surface area contributed by atoms with E-state index in [1.54, 1.807) is 12.4 Å². The van der Waals surface area contributed by atoms with Gasteiger partial charge in [0.1, 0.15) is 11.6 Å². The highest BCUT2D eigenvalue weighted by molar-refractivity contribution is 5.62. The third-order valence-corrected chi connectivity index (χ3v) is 2.88. The standard InChI is InChI=1S/C13H13N3O/c14-13-8-15-11(7-16-13)9-3-4-12-10(6-9)2-1-5-17-12/h3-4,6-8H,1-2,5H2,(H2,14,16). The maximum Gasteiger partial charge on any atom is 0.141 e. The van der Waals surface area contributed by atoms with E-state index in [1.807, 2.05) is 12.1 Å². The van der Waals surface area contributed by atoms with Gasteiger partial charge >= 0.3 is 0 Å². The molecule has 0 spiro atoms. The Morgan fingerprint density at radius 1 is 1.18 bits per heavy atom. The molecule has 0 unspecified atom stereocenters. The van der Waals surface area contributed by atoms with Crippen molar-refractivity contribution in [2.75, 3.05) is 12.3 Å². The second kappa shape index (κ2) is 4.05. The number of anilines is 1. The van der Waals surface area contributed by atoms with E-state index >= 15 is 0 Å². The highest BCUT2D eigenvalue weighted by atomic mass is 16.5. The summed E-state index contributed by atoms with van der Waals surface area (Å²) in [5.74, 6) is 1.43. The summed E-state index contributed by atoms with van der Waals surface area (Å²) in [6, 6.07) is 6.13. The Bertz CT molecular complexity index is 537. The molecule has 3 rings (SSSR count). The normalized spacial score (nSPS) is 13.9. The summed E-state index contributed by atoms with van der Waals surface area (Å²) in [5, 5.41) is 0. The molecule has 0 saturated heterocycles. The summed E-state index contributed by atoms with van der Waals surface area (Å²) in [6.45, 7) is 0.814. The Morgan fingerprint density at radius 3 is 2.94 bits per heavy atom. The molecule has 1 aliphatic heterocycles. The van der Waals surface area contributed by atoms with Gasteiger partial charge in [0, 0.05) is 5.56 Å². The molecule has 2 aromatic rings. The van der Waals surface area contributed by atoms with Crippen molar-refractivity contribution in [1.82, 2.24) is 9.97 Å². The number of aryl methyl sites for hydroxylation is 1. The average Bonchev–Trinajstić information content (AvgIpc) is 2.39. The van der Waals surface area contributed by atoms with E-state index < -0.39 is 0 Å². The number of nitrogen functional groups attached to an aromatic ring is 1. The lowest BCUT2D eigenvalue weighted by molar-refractivity contribution is 0.288. The fraction of sp³-hybridized carbons (Fsp3) is 0.231. The Labute approximate surface area is 99.5 Å².